The predicted octanol–water partition coefficient (Wildman–Crippen LogP) is 4.97. The number of anilines is 1. The van der Waals surface area contributed by atoms with Crippen LogP contribution in [0.25, 0.3) is 0 Å². The van der Waals surface area contributed by atoms with Gasteiger partial charge in [0.25, 0.3) is 15.9 Å². The van der Waals surface area contributed by atoms with Crippen LogP contribution in [0.4, 0.5) is 10.1 Å². The SMILES string of the molecule is Cc1cc(S(=O)(=O)Nc2ccc(C(=O)N3CCCC3c3cccs3)cc2)ccc1F. The number of amides is 1. The first-order valence-electron chi connectivity index (χ1n) is 9.58. The molecule has 1 aliphatic heterocycles. The number of halogens is 1. The molecule has 1 aliphatic rings. The fraction of sp³-hybridized carbons (Fsp3) is 0.227. The zero-order chi connectivity index (χ0) is 21.3. The maximum Gasteiger partial charge on any atom is 0.261 e. The monoisotopic (exact) mass is 444 g/mol. The van der Waals surface area contributed by atoms with Crippen LogP contribution >= 0.6 is 11.3 Å². The molecule has 8 heteroatoms. The van der Waals surface area contributed by atoms with Gasteiger partial charge in [-0.25, -0.2) is 12.8 Å². The summed E-state index contributed by atoms with van der Waals surface area (Å²) in [6.07, 6.45) is 1.91. The number of benzene rings is 2. The van der Waals surface area contributed by atoms with E-state index in [0.717, 1.165) is 18.9 Å². The zero-order valence-electron chi connectivity index (χ0n) is 16.3. The van der Waals surface area contributed by atoms with Crippen molar-refractivity contribution in [2.24, 2.45) is 0 Å². The summed E-state index contributed by atoms with van der Waals surface area (Å²) in [6.45, 7) is 2.22. The Morgan fingerprint density at radius 1 is 1.17 bits per heavy atom. The molecule has 0 bridgehead atoms. The Labute approximate surface area is 179 Å². The summed E-state index contributed by atoms with van der Waals surface area (Å²) in [5, 5.41) is 2.01. The first-order valence-corrected chi connectivity index (χ1v) is 11.9. The van der Waals surface area contributed by atoms with Gasteiger partial charge < -0.3 is 4.90 Å². The molecule has 156 valence electrons. The Balaban J connectivity index is 1.50. The first kappa shape index (κ1) is 20.6. The third kappa shape index (κ3) is 4.11. The molecule has 2 heterocycles. The van der Waals surface area contributed by atoms with E-state index in [9.17, 15) is 17.6 Å². The highest BCUT2D eigenvalue weighted by Crippen LogP contribution is 2.35. The molecule has 1 N–H and O–H groups in total. The van der Waals surface area contributed by atoms with Gasteiger partial charge in [-0.1, -0.05) is 6.07 Å². The second-order valence-electron chi connectivity index (χ2n) is 7.27. The fourth-order valence-electron chi connectivity index (χ4n) is 3.63. The minimum atomic E-state index is -3.85. The molecule has 5 nitrogen and oxygen atoms in total. The van der Waals surface area contributed by atoms with Crippen LogP contribution in [0.15, 0.2) is 64.9 Å². The van der Waals surface area contributed by atoms with E-state index >= 15 is 0 Å². The van der Waals surface area contributed by atoms with Gasteiger partial charge in [0.15, 0.2) is 0 Å². The van der Waals surface area contributed by atoms with Gasteiger partial charge >= 0.3 is 0 Å². The molecule has 0 spiro atoms. The fourth-order valence-corrected chi connectivity index (χ4v) is 5.65. The van der Waals surface area contributed by atoms with Crippen molar-refractivity contribution in [1.29, 1.82) is 0 Å². The lowest BCUT2D eigenvalue weighted by molar-refractivity contribution is 0.0738. The number of nitrogens with zero attached hydrogens (tertiary/aromatic N) is 1. The highest BCUT2D eigenvalue weighted by Gasteiger charge is 2.31. The molecule has 2 aromatic carbocycles. The van der Waals surface area contributed by atoms with Crippen LogP contribution < -0.4 is 4.72 Å². The van der Waals surface area contributed by atoms with Crippen LogP contribution in [0.2, 0.25) is 0 Å². The number of hydrogen-bond donors (Lipinski definition) is 1. The minimum Gasteiger partial charge on any atom is -0.331 e. The number of hydrogen-bond acceptors (Lipinski definition) is 4. The van der Waals surface area contributed by atoms with Crippen LogP contribution in [0.3, 0.4) is 0 Å². The van der Waals surface area contributed by atoms with Crippen LogP contribution in [0, 0.1) is 12.7 Å². The highest BCUT2D eigenvalue weighted by molar-refractivity contribution is 7.92. The number of thiophene rings is 1. The Morgan fingerprint density at radius 3 is 2.60 bits per heavy atom. The summed E-state index contributed by atoms with van der Waals surface area (Å²) in [5.74, 6) is -0.519. The van der Waals surface area contributed by atoms with E-state index in [4.69, 9.17) is 0 Å². The van der Waals surface area contributed by atoms with E-state index in [1.54, 1.807) is 35.6 Å². The van der Waals surface area contributed by atoms with Gasteiger partial charge in [0.2, 0.25) is 0 Å². The number of likely N-dealkylation sites (tertiary alicyclic amines) is 1. The molecule has 0 saturated carbocycles. The van der Waals surface area contributed by atoms with Crippen molar-refractivity contribution in [3.63, 3.8) is 0 Å². The molecule has 4 rings (SSSR count). The van der Waals surface area contributed by atoms with Gasteiger partial charge in [-0.05, 0) is 79.2 Å². The third-order valence-corrected chi connectivity index (χ3v) is 7.56. The standard InChI is InChI=1S/C22H21FN2O3S2/c1-15-14-18(10-11-19(15)23)30(27,28)24-17-8-6-16(7-9-17)22(26)25-12-2-4-20(25)21-5-3-13-29-21/h3,5-11,13-14,20,24H,2,4,12H2,1H3. The van der Waals surface area contributed by atoms with Crippen molar-refractivity contribution in [3.8, 4) is 0 Å². The van der Waals surface area contributed by atoms with Gasteiger partial charge in [-0.2, -0.15) is 0 Å². The van der Waals surface area contributed by atoms with E-state index in [0.29, 0.717) is 17.8 Å². The van der Waals surface area contributed by atoms with Crippen molar-refractivity contribution in [3.05, 3.63) is 81.8 Å². The molecule has 3 aromatic rings. The highest BCUT2D eigenvalue weighted by atomic mass is 32.2. The summed E-state index contributed by atoms with van der Waals surface area (Å²) in [6, 6.07) is 14.2. The Morgan fingerprint density at radius 2 is 1.93 bits per heavy atom. The second kappa shape index (κ2) is 8.20. The molecular weight excluding hydrogens is 423 g/mol. The van der Waals surface area contributed by atoms with Crippen LogP contribution in [-0.2, 0) is 10.0 Å². The lowest BCUT2D eigenvalue weighted by Crippen LogP contribution is -2.30. The van der Waals surface area contributed by atoms with Crippen molar-refractivity contribution < 1.29 is 17.6 Å². The Kier molecular flexibility index (Phi) is 5.62. The van der Waals surface area contributed by atoms with Gasteiger partial charge in [0.1, 0.15) is 5.82 Å². The summed E-state index contributed by atoms with van der Waals surface area (Å²) >= 11 is 1.65. The smallest absolute Gasteiger partial charge is 0.261 e. The van der Waals surface area contributed by atoms with Crippen LogP contribution in [-0.4, -0.2) is 25.8 Å². The normalized spacial score (nSPS) is 16.6. The number of carbonyl (C=O) groups is 1. The molecule has 1 saturated heterocycles. The average molecular weight is 445 g/mol. The quantitative estimate of drug-likeness (QED) is 0.604. The van der Waals surface area contributed by atoms with E-state index in [1.807, 2.05) is 16.3 Å². The van der Waals surface area contributed by atoms with Crippen molar-refractivity contribution in [2.75, 3.05) is 11.3 Å². The number of rotatable bonds is 5. The predicted molar refractivity (Wildman–Crippen MR) is 116 cm³/mol. The molecule has 0 aliphatic carbocycles. The van der Waals surface area contributed by atoms with E-state index in [-0.39, 0.29) is 22.4 Å². The molecule has 0 radical (unpaired) electrons. The van der Waals surface area contributed by atoms with E-state index in [1.165, 1.54) is 23.9 Å². The molecule has 1 atom stereocenters. The van der Waals surface area contributed by atoms with Crippen LogP contribution in [0.5, 0.6) is 0 Å². The number of aryl methyl sites for hydroxylation is 1. The Hall–Kier alpha value is -2.71. The molecule has 30 heavy (non-hydrogen) atoms. The first-order chi connectivity index (χ1) is 14.3. The molecule has 1 fully saturated rings. The van der Waals surface area contributed by atoms with Crippen molar-refractivity contribution in [1.82, 2.24) is 4.90 Å². The van der Waals surface area contributed by atoms with Gasteiger partial charge in [0, 0.05) is 22.7 Å². The summed E-state index contributed by atoms with van der Waals surface area (Å²) in [7, 11) is -3.85. The average Bonchev–Trinajstić information content (AvgIpc) is 3.41. The minimum absolute atomic E-state index is 0.0163. The third-order valence-electron chi connectivity index (χ3n) is 5.21. The molecule has 1 aromatic heterocycles. The summed E-state index contributed by atoms with van der Waals surface area (Å²) in [5.41, 5.74) is 1.11. The van der Waals surface area contributed by atoms with Gasteiger partial charge in [0.05, 0.1) is 10.9 Å². The molecule has 1 amide bonds. The van der Waals surface area contributed by atoms with Crippen molar-refractivity contribution in [2.45, 2.75) is 30.7 Å². The topological polar surface area (TPSA) is 66.5 Å². The number of carbonyl (C=O) groups excluding carboxylic acids is 1. The lowest BCUT2D eigenvalue weighted by Gasteiger charge is -2.24. The van der Waals surface area contributed by atoms with E-state index in [2.05, 4.69) is 10.8 Å². The zero-order valence-corrected chi connectivity index (χ0v) is 18.0. The summed E-state index contributed by atoms with van der Waals surface area (Å²) in [4.78, 5) is 16.0. The van der Waals surface area contributed by atoms with E-state index < -0.39 is 15.8 Å². The van der Waals surface area contributed by atoms with Crippen molar-refractivity contribution >= 4 is 33.0 Å². The maximum atomic E-state index is 13.4. The largest absolute Gasteiger partial charge is 0.331 e. The number of sulfonamides is 1. The van der Waals surface area contributed by atoms with Gasteiger partial charge in [-0.15, -0.1) is 11.3 Å². The molecule has 1 unspecified atom stereocenters. The maximum absolute atomic E-state index is 13.4. The Bertz CT molecular complexity index is 1160. The molecular formula is C22H21FN2O3S2. The van der Waals surface area contributed by atoms with Crippen LogP contribution in [0.1, 0.15) is 39.7 Å². The lowest BCUT2D eigenvalue weighted by atomic mass is 10.1. The number of nitrogens with one attached hydrogen (secondary N) is 1. The van der Waals surface area contributed by atoms with Gasteiger partial charge in [-0.3, -0.25) is 9.52 Å². The second-order valence-corrected chi connectivity index (χ2v) is 9.93. The summed E-state index contributed by atoms with van der Waals surface area (Å²) < 4.78 is 41.0.